The van der Waals surface area contributed by atoms with Gasteiger partial charge in [-0.3, -0.25) is 0 Å². The molecule has 20 heavy (non-hydrogen) atoms. The topological polar surface area (TPSA) is 45.5 Å². The summed E-state index contributed by atoms with van der Waals surface area (Å²) in [5, 5.41) is 3.40. The molecule has 1 fully saturated rings. The maximum Gasteiger partial charge on any atom is 0.323 e. The Morgan fingerprint density at radius 3 is 3.05 bits per heavy atom. The lowest BCUT2D eigenvalue weighted by molar-refractivity contribution is 0.210. The van der Waals surface area contributed by atoms with Crippen molar-refractivity contribution >= 4 is 35.1 Å². The number of amides is 2. The van der Waals surface area contributed by atoms with Crippen LogP contribution in [0, 0.1) is 0 Å². The lowest BCUT2D eigenvalue weighted by Crippen LogP contribution is -2.34. The van der Waals surface area contributed by atoms with Crippen LogP contribution in [0.5, 0.6) is 0 Å². The normalized spacial score (nSPS) is 18.2. The van der Waals surface area contributed by atoms with Gasteiger partial charge >= 0.3 is 6.03 Å². The first-order chi connectivity index (χ1) is 9.74. The molecular weight excluding hydrogens is 296 g/mol. The van der Waals surface area contributed by atoms with Gasteiger partial charge in [0.15, 0.2) is 0 Å². The van der Waals surface area contributed by atoms with Crippen molar-refractivity contribution in [1.82, 2.24) is 4.90 Å². The summed E-state index contributed by atoms with van der Waals surface area (Å²) in [5.41, 5.74) is 0.692. The second-order valence-electron chi connectivity index (χ2n) is 4.37. The molecule has 0 radical (unpaired) electrons. The molecule has 1 saturated heterocycles. The Balaban J connectivity index is 1.73. The zero-order valence-electron chi connectivity index (χ0n) is 10.6. The highest BCUT2D eigenvalue weighted by molar-refractivity contribution is 7.99. The molecule has 0 spiro atoms. The van der Waals surface area contributed by atoms with E-state index in [4.69, 9.17) is 16.0 Å². The van der Waals surface area contributed by atoms with Gasteiger partial charge in [0.25, 0.3) is 0 Å². The highest BCUT2D eigenvalue weighted by Crippen LogP contribution is 2.38. The quantitative estimate of drug-likeness (QED) is 0.903. The van der Waals surface area contributed by atoms with E-state index in [1.165, 1.54) is 0 Å². The number of thioether (sulfide) groups is 1. The van der Waals surface area contributed by atoms with E-state index in [-0.39, 0.29) is 11.4 Å². The zero-order chi connectivity index (χ0) is 13.9. The number of benzene rings is 1. The van der Waals surface area contributed by atoms with Crippen molar-refractivity contribution in [2.24, 2.45) is 0 Å². The highest BCUT2D eigenvalue weighted by atomic mass is 35.5. The summed E-state index contributed by atoms with van der Waals surface area (Å²) in [5.74, 6) is 1.70. The highest BCUT2D eigenvalue weighted by Gasteiger charge is 2.32. The summed E-state index contributed by atoms with van der Waals surface area (Å²) < 4.78 is 5.40. The first-order valence-corrected chi connectivity index (χ1v) is 7.65. The molecule has 1 aromatic carbocycles. The van der Waals surface area contributed by atoms with Crippen molar-refractivity contribution in [2.45, 2.75) is 5.37 Å². The summed E-state index contributed by atoms with van der Waals surface area (Å²) in [6.07, 6.45) is 1.63. The van der Waals surface area contributed by atoms with E-state index >= 15 is 0 Å². The molecule has 2 aromatic rings. The SMILES string of the molecule is O=C(Nc1cccc(Cl)c1)N1CCSC1c1ccco1. The minimum absolute atomic E-state index is 0.0656. The van der Waals surface area contributed by atoms with Crippen LogP contribution in [0.25, 0.3) is 0 Å². The van der Waals surface area contributed by atoms with Gasteiger partial charge in [-0.15, -0.1) is 11.8 Å². The fraction of sp³-hybridized carbons (Fsp3) is 0.214. The predicted octanol–water partition coefficient (Wildman–Crippen LogP) is 4.21. The van der Waals surface area contributed by atoms with Crippen molar-refractivity contribution in [1.29, 1.82) is 0 Å². The molecule has 2 amide bonds. The van der Waals surface area contributed by atoms with Gasteiger partial charge < -0.3 is 14.6 Å². The van der Waals surface area contributed by atoms with Crippen molar-refractivity contribution in [3.8, 4) is 0 Å². The molecule has 2 heterocycles. The summed E-state index contributed by atoms with van der Waals surface area (Å²) in [6.45, 7) is 0.697. The van der Waals surface area contributed by atoms with Crippen LogP contribution in [-0.2, 0) is 0 Å². The number of hydrogen-bond acceptors (Lipinski definition) is 3. The van der Waals surface area contributed by atoms with Crippen LogP contribution in [0.1, 0.15) is 11.1 Å². The number of urea groups is 1. The number of rotatable bonds is 2. The van der Waals surface area contributed by atoms with Gasteiger partial charge in [0.1, 0.15) is 11.1 Å². The third kappa shape index (κ3) is 2.78. The van der Waals surface area contributed by atoms with E-state index in [0.29, 0.717) is 17.3 Å². The Labute approximate surface area is 126 Å². The Hall–Kier alpha value is -1.59. The fourth-order valence-corrected chi connectivity index (χ4v) is 3.50. The van der Waals surface area contributed by atoms with Crippen LogP contribution >= 0.6 is 23.4 Å². The van der Waals surface area contributed by atoms with Gasteiger partial charge in [-0.2, -0.15) is 0 Å². The number of carbonyl (C=O) groups excluding carboxylic acids is 1. The molecule has 3 rings (SSSR count). The number of halogens is 1. The molecule has 0 aliphatic carbocycles. The van der Waals surface area contributed by atoms with Crippen molar-refractivity contribution in [2.75, 3.05) is 17.6 Å². The Bertz CT molecular complexity index is 603. The van der Waals surface area contributed by atoms with Crippen LogP contribution in [-0.4, -0.2) is 23.2 Å². The summed E-state index contributed by atoms with van der Waals surface area (Å²) in [4.78, 5) is 14.1. The Morgan fingerprint density at radius 2 is 2.30 bits per heavy atom. The third-order valence-electron chi connectivity index (χ3n) is 3.01. The Morgan fingerprint density at radius 1 is 1.40 bits per heavy atom. The second kappa shape index (κ2) is 5.81. The van der Waals surface area contributed by atoms with Crippen molar-refractivity contribution in [3.63, 3.8) is 0 Å². The van der Waals surface area contributed by atoms with E-state index in [2.05, 4.69) is 5.32 Å². The molecule has 6 heteroatoms. The van der Waals surface area contributed by atoms with Gasteiger partial charge in [-0.1, -0.05) is 17.7 Å². The molecule has 1 aliphatic rings. The molecule has 0 bridgehead atoms. The van der Waals surface area contributed by atoms with E-state index in [0.717, 1.165) is 11.5 Å². The first kappa shape index (κ1) is 13.4. The lowest BCUT2D eigenvalue weighted by Gasteiger charge is -2.22. The van der Waals surface area contributed by atoms with E-state index in [9.17, 15) is 4.79 Å². The van der Waals surface area contributed by atoms with Crippen LogP contribution in [0.2, 0.25) is 5.02 Å². The number of nitrogens with one attached hydrogen (secondary N) is 1. The molecule has 1 N–H and O–H groups in total. The van der Waals surface area contributed by atoms with E-state index < -0.39 is 0 Å². The number of furan rings is 1. The van der Waals surface area contributed by atoms with Crippen LogP contribution < -0.4 is 5.32 Å². The average molecular weight is 309 g/mol. The summed E-state index contributed by atoms with van der Waals surface area (Å²) in [7, 11) is 0. The van der Waals surface area contributed by atoms with Crippen LogP contribution in [0.4, 0.5) is 10.5 Å². The largest absolute Gasteiger partial charge is 0.466 e. The van der Waals surface area contributed by atoms with Gasteiger partial charge in [-0.05, 0) is 30.3 Å². The molecule has 1 aromatic heterocycles. The summed E-state index contributed by atoms with van der Waals surface area (Å²) >= 11 is 7.61. The molecule has 1 atom stereocenters. The van der Waals surface area contributed by atoms with Crippen molar-refractivity contribution in [3.05, 3.63) is 53.4 Å². The molecule has 1 unspecified atom stereocenters. The van der Waals surface area contributed by atoms with Gasteiger partial charge in [0.05, 0.1) is 6.26 Å². The minimum atomic E-state index is -0.140. The maximum atomic E-state index is 12.3. The number of nitrogens with zero attached hydrogens (tertiary/aromatic N) is 1. The first-order valence-electron chi connectivity index (χ1n) is 6.22. The number of anilines is 1. The van der Waals surface area contributed by atoms with Crippen molar-refractivity contribution < 1.29 is 9.21 Å². The molecule has 0 saturated carbocycles. The minimum Gasteiger partial charge on any atom is -0.466 e. The third-order valence-corrected chi connectivity index (χ3v) is 4.47. The lowest BCUT2D eigenvalue weighted by atomic mass is 10.3. The average Bonchev–Trinajstić information content (AvgIpc) is 3.09. The maximum absolute atomic E-state index is 12.3. The van der Waals surface area contributed by atoms with E-state index in [1.807, 2.05) is 18.2 Å². The molecule has 4 nitrogen and oxygen atoms in total. The summed E-state index contributed by atoms with van der Waals surface area (Å²) in [6, 6.07) is 10.7. The van der Waals surface area contributed by atoms with Gasteiger partial charge in [-0.25, -0.2) is 4.79 Å². The number of hydrogen-bond donors (Lipinski definition) is 1. The fourth-order valence-electron chi connectivity index (χ4n) is 2.11. The second-order valence-corrected chi connectivity index (χ2v) is 6.00. The Kier molecular flexibility index (Phi) is 3.89. The number of carbonyl (C=O) groups is 1. The monoisotopic (exact) mass is 308 g/mol. The smallest absolute Gasteiger partial charge is 0.323 e. The molecule has 104 valence electrons. The molecular formula is C14H13ClN2O2S. The molecule has 1 aliphatic heterocycles. The van der Waals surface area contributed by atoms with Crippen LogP contribution in [0.3, 0.4) is 0 Å². The van der Waals surface area contributed by atoms with Crippen LogP contribution in [0.15, 0.2) is 47.1 Å². The zero-order valence-corrected chi connectivity index (χ0v) is 12.2. The van der Waals surface area contributed by atoms with E-state index in [1.54, 1.807) is 41.1 Å². The van der Waals surface area contributed by atoms with Gasteiger partial charge in [0.2, 0.25) is 0 Å². The van der Waals surface area contributed by atoms with Gasteiger partial charge in [0, 0.05) is 23.0 Å². The predicted molar refractivity (Wildman–Crippen MR) is 81.1 cm³/mol. The standard InChI is InChI=1S/C14H13ClN2O2S/c15-10-3-1-4-11(9-10)16-14(18)17-6-8-20-13(17)12-5-2-7-19-12/h1-5,7,9,13H,6,8H2,(H,16,18).